The highest BCUT2D eigenvalue weighted by molar-refractivity contribution is 8.02. The van der Waals surface area contributed by atoms with Crippen LogP contribution in [0.25, 0.3) is 0 Å². The van der Waals surface area contributed by atoms with Crippen molar-refractivity contribution in [3.63, 3.8) is 0 Å². The number of Topliss-reactive ketones (excluding diaryl/α,β-unsaturated/α-hetero) is 1. The highest BCUT2D eigenvalue weighted by Gasteiger charge is 2.18. The Labute approximate surface area is 169 Å². The van der Waals surface area contributed by atoms with Gasteiger partial charge in [0, 0.05) is 11.3 Å². The van der Waals surface area contributed by atoms with Crippen molar-refractivity contribution in [2.24, 2.45) is 0 Å². The second-order valence-electron chi connectivity index (χ2n) is 5.86. The molecule has 1 amide bonds. The van der Waals surface area contributed by atoms with Crippen LogP contribution in [0.3, 0.4) is 0 Å². The summed E-state index contributed by atoms with van der Waals surface area (Å²) in [4.78, 5) is 23.7. The van der Waals surface area contributed by atoms with Gasteiger partial charge in [0.15, 0.2) is 10.1 Å². The fourth-order valence-electron chi connectivity index (χ4n) is 2.22. The lowest BCUT2D eigenvalue weighted by atomic mass is 10.1. The summed E-state index contributed by atoms with van der Waals surface area (Å²) in [5.74, 6) is -0.604. The van der Waals surface area contributed by atoms with Crippen LogP contribution in [-0.2, 0) is 4.79 Å². The second kappa shape index (κ2) is 8.94. The van der Waals surface area contributed by atoms with Gasteiger partial charge in [-0.1, -0.05) is 35.2 Å². The van der Waals surface area contributed by atoms with Gasteiger partial charge in [-0.05, 0) is 50.2 Å². The fraction of sp³-hybridized carbons (Fsp3) is 0.158. The zero-order chi connectivity index (χ0) is 20.1. The molecule has 0 spiro atoms. The van der Waals surface area contributed by atoms with E-state index in [0.717, 1.165) is 0 Å². The molecule has 2 N–H and O–H groups in total. The molecule has 0 aliphatic carbocycles. The van der Waals surface area contributed by atoms with Gasteiger partial charge in [-0.2, -0.15) is 0 Å². The molecule has 2 aromatic carbocycles. The van der Waals surface area contributed by atoms with E-state index in [1.807, 2.05) is 0 Å². The smallest absolute Gasteiger partial charge is 0.237 e. The molecule has 0 fully saturated rings. The van der Waals surface area contributed by atoms with Crippen LogP contribution in [0.15, 0.2) is 52.9 Å². The Hall–Kier alpha value is -2.78. The number of aromatic nitrogens is 2. The maximum Gasteiger partial charge on any atom is 0.237 e. The normalized spacial score (nSPS) is 11.7. The second-order valence-corrected chi connectivity index (χ2v) is 8.43. The molecule has 0 bridgehead atoms. The summed E-state index contributed by atoms with van der Waals surface area (Å²) in [5, 5.41) is 13.7. The van der Waals surface area contributed by atoms with Crippen molar-refractivity contribution in [3.05, 3.63) is 59.9 Å². The minimum absolute atomic E-state index is 0.0298. The van der Waals surface area contributed by atoms with Gasteiger partial charge in [-0.25, -0.2) is 4.39 Å². The number of carbonyl (C=O) groups is 2. The third kappa shape index (κ3) is 5.14. The Morgan fingerprint density at radius 2 is 1.82 bits per heavy atom. The van der Waals surface area contributed by atoms with E-state index in [1.54, 1.807) is 49.4 Å². The molecule has 0 aliphatic rings. The minimum atomic E-state index is -0.415. The predicted molar refractivity (Wildman–Crippen MR) is 110 cm³/mol. The van der Waals surface area contributed by atoms with Crippen LogP contribution in [0.1, 0.15) is 24.2 Å². The standard InChI is InChI=1S/C19H17FN4O2S2/c1-11(25)13-7-9-14(10-8-13)21-17(26)12(2)27-19-24-23-18(28-19)22-16-6-4-3-5-15(16)20/h3-10,12H,1-2H3,(H,21,26)(H,22,23). The summed E-state index contributed by atoms with van der Waals surface area (Å²) in [6.07, 6.45) is 0. The number of thioether (sulfide) groups is 1. The fourth-order valence-corrected chi connectivity index (χ4v) is 4.13. The Morgan fingerprint density at radius 3 is 2.50 bits per heavy atom. The molecule has 1 aromatic heterocycles. The molecule has 144 valence electrons. The van der Waals surface area contributed by atoms with E-state index in [0.29, 0.717) is 26.4 Å². The molecule has 1 unspecified atom stereocenters. The quantitative estimate of drug-likeness (QED) is 0.427. The number of ketones is 1. The van der Waals surface area contributed by atoms with E-state index in [4.69, 9.17) is 0 Å². The average molecular weight is 417 g/mol. The van der Waals surface area contributed by atoms with Gasteiger partial charge < -0.3 is 10.6 Å². The van der Waals surface area contributed by atoms with Crippen LogP contribution < -0.4 is 10.6 Å². The first-order chi connectivity index (χ1) is 13.4. The summed E-state index contributed by atoms with van der Waals surface area (Å²) in [6.45, 7) is 3.25. The van der Waals surface area contributed by atoms with E-state index in [9.17, 15) is 14.0 Å². The molecule has 9 heteroatoms. The molecule has 1 atom stereocenters. The SMILES string of the molecule is CC(=O)c1ccc(NC(=O)C(C)Sc2nnc(Nc3ccccc3F)s2)cc1. The van der Waals surface area contributed by atoms with Gasteiger partial charge in [-0.15, -0.1) is 10.2 Å². The number of benzene rings is 2. The van der Waals surface area contributed by atoms with E-state index < -0.39 is 5.25 Å². The van der Waals surface area contributed by atoms with Crippen LogP contribution in [-0.4, -0.2) is 27.1 Å². The van der Waals surface area contributed by atoms with E-state index in [-0.39, 0.29) is 17.5 Å². The topological polar surface area (TPSA) is 84.0 Å². The summed E-state index contributed by atoms with van der Waals surface area (Å²) in [7, 11) is 0. The van der Waals surface area contributed by atoms with Gasteiger partial charge in [0.1, 0.15) is 5.82 Å². The van der Waals surface area contributed by atoms with Crippen LogP contribution in [0.4, 0.5) is 20.9 Å². The number of nitrogens with one attached hydrogen (secondary N) is 2. The van der Waals surface area contributed by atoms with Crippen molar-refractivity contribution in [3.8, 4) is 0 Å². The van der Waals surface area contributed by atoms with E-state index in [2.05, 4.69) is 20.8 Å². The molecule has 0 saturated heterocycles. The number of halogens is 1. The van der Waals surface area contributed by atoms with Crippen molar-refractivity contribution in [2.45, 2.75) is 23.4 Å². The largest absolute Gasteiger partial charge is 0.328 e. The maximum absolute atomic E-state index is 13.7. The Kier molecular flexibility index (Phi) is 6.37. The average Bonchev–Trinajstić information content (AvgIpc) is 3.11. The van der Waals surface area contributed by atoms with E-state index >= 15 is 0 Å². The molecule has 0 radical (unpaired) electrons. The Morgan fingerprint density at radius 1 is 1.11 bits per heavy atom. The Balaban J connectivity index is 1.57. The summed E-state index contributed by atoms with van der Waals surface area (Å²) in [5.41, 5.74) is 1.51. The number of hydrogen-bond acceptors (Lipinski definition) is 7. The van der Waals surface area contributed by atoms with Crippen molar-refractivity contribution in [1.82, 2.24) is 10.2 Å². The van der Waals surface area contributed by atoms with Crippen molar-refractivity contribution >= 4 is 51.3 Å². The molecule has 0 aliphatic heterocycles. The predicted octanol–water partition coefficient (Wildman–Crippen LogP) is 4.74. The van der Waals surface area contributed by atoms with Crippen LogP contribution in [0.2, 0.25) is 0 Å². The zero-order valence-electron chi connectivity index (χ0n) is 15.1. The molecule has 3 rings (SSSR count). The lowest BCUT2D eigenvalue weighted by Crippen LogP contribution is -2.22. The number of nitrogens with zero attached hydrogens (tertiary/aromatic N) is 2. The van der Waals surface area contributed by atoms with Crippen LogP contribution in [0, 0.1) is 5.82 Å². The summed E-state index contributed by atoms with van der Waals surface area (Å²) < 4.78 is 14.3. The molecule has 6 nitrogen and oxygen atoms in total. The van der Waals surface area contributed by atoms with Crippen molar-refractivity contribution < 1.29 is 14.0 Å². The molecule has 1 heterocycles. The number of rotatable bonds is 7. The molecular formula is C19H17FN4O2S2. The van der Waals surface area contributed by atoms with E-state index in [1.165, 1.54) is 36.1 Å². The van der Waals surface area contributed by atoms with Gasteiger partial charge in [0.2, 0.25) is 11.0 Å². The monoisotopic (exact) mass is 416 g/mol. The van der Waals surface area contributed by atoms with Gasteiger partial charge in [-0.3, -0.25) is 9.59 Å². The molecular weight excluding hydrogens is 399 g/mol. The highest BCUT2D eigenvalue weighted by atomic mass is 32.2. The first-order valence-electron chi connectivity index (χ1n) is 8.36. The zero-order valence-corrected chi connectivity index (χ0v) is 16.7. The summed E-state index contributed by atoms with van der Waals surface area (Å²) in [6, 6.07) is 13.0. The number of carbonyl (C=O) groups excluding carboxylic acids is 2. The van der Waals surface area contributed by atoms with Crippen LogP contribution >= 0.6 is 23.1 Å². The lowest BCUT2D eigenvalue weighted by Gasteiger charge is -2.10. The summed E-state index contributed by atoms with van der Waals surface area (Å²) >= 11 is 2.50. The first kappa shape index (κ1) is 20.0. The number of para-hydroxylation sites is 1. The van der Waals surface area contributed by atoms with Gasteiger partial charge in [0.25, 0.3) is 0 Å². The van der Waals surface area contributed by atoms with Crippen molar-refractivity contribution in [1.29, 1.82) is 0 Å². The van der Waals surface area contributed by atoms with Gasteiger partial charge >= 0.3 is 0 Å². The van der Waals surface area contributed by atoms with Crippen LogP contribution in [0.5, 0.6) is 0 Å². The number of amides is 1. The lowest BCUT2D eigenvalue weighted by molar-refractivity contribution is -0.115. The number of hydrogen-bond donors (Lipinski definition) is 2. The first-order valence-corrected chi connectivity index (χ1v) is 10.1. The van der Waals surface area contributed by atoms with Crippen molar-refractivity contribution in [2.75, 3.05) is 10.6 Å². The molecule has 0 saturated carbocycles. The third-order valence-electron chi connectivity index (χ3n) is 3.73. The highest BCUT2D eigenvalue weighted by Crippen LogP contribution is 2.31. The maximum atomic E-state index is 13.7. The number of anilines is 3. The van der Waals surface area contributed by atoms with Gasteiger partial charge in [0.05, 0.1) is 10.9 Å². The molecule has 28 heavy (non-hydrogen) atoms. The third-order valence-corrected chi connectivity index (χ3v) is 5.75. The minimum Gasteiger partial charge on any atom is -0.328 e. The Bertz CT molecular complexity index is 992. The molecule has 3 aromatic rings.